The molecule has 0 bridgehead atoms. The van der Waals surface area contributed by atoms with Crippen molar-refractivity contribution in [3.8, 4) is 0 Å². The zero-order valence-electron chi connectivity index (χ0n) is 23.0. The first kappa shape index (κ1) is 32.6. The molecule has 0 aliphatic heterocycles. The Balaban J connectivity index is 2.36. The minimum absolute atomic E-state index is 0.114. The van der Waals surface area contributed by atoms with Crippen LogP contribution in [-0.2, 0) is 20.9 Å². The van der Waals surface area contributed by atoms with Gasteiger partial charge in [0, 0.05) is 18.9 Å². The van der Waals surface area contributed by atoms with E-state index in [1.807, 2.05) is 0 Å². The van der Waals surface area contributed by atoms with Crippen molar-refractivity contribution in [3.05, 3.63) is 18.2 Å². The highest BCUT2D eigenvalue weighted by molar-refractivity contribution is 5.88. The first-order chi connectivity index (χ1) is 18.0. The number of unbranched alkanes of at least 4 members (excludes halogenated alkanes) is 11. The third kappa shape index (κ3) is 16.8. The van der Waals surface area contributed by atoms with E-state index in [0.717, 1.165) is 25.8 Å². The van der Waals surface area contributed by atoms with E-state index in [1.54, 1.807) is 17.3 Å². The molecule has 1 rings (SSSR count). The van der Waals surface area contributed by atoms with Gasteiger partial charge in [0.25, 0.3) is 0 Å². The molecule has 0 saturated carbocycles. The second-order valence-corrected chi connectivity index (χ2v) is 9.78. The van der Waals surface area contributed by atoms with Crippen molar-refractivity contribution in [1.82, 2.24) is 25.1 Å². The van der Waals surface area contributed by atoms with Crippen molar-refractivity contribution in [2.24, 2.45) is 11.5 Å². The number of rotatable bonds is 24. The summed E-state index contributed by atoms with van der Waals surface area (Å²) >= 11 is 0. The third-order valence-electron chi connectivity index (χ3n) is 6.39. The van der Waals surface area contributed by atoms with E-state index >= 15 is 0 Å². The second-order valence-electron chi connectivity index (χ2n) is 9.78. The molecule has 0 spiro atoms. The van der Waals surface area contributed by atoms with Gasteiger partial charge in [-0.1, -0.05) is 71.1 Å². The monoisotopic (exact) mass is 521 g/mol. The van der Waals surface area contributed by atoms with Crippen LogP contribution < -0.4 is 16.8 Å². The number of carbonyl (C=O) groups excluding carboxylic acids is 3. The molecule has 6 N–H and O–H groups in total. The van der Waals surface area contributed by atoms with E-state index in [4.69, 9.17) is 11.5 Å². The lowest BCUT2D eigenvalue weighted by Gasteiger charge is -2.27. The summed E-state index contributed by atoms with van der Waals surface area (Å²) in [7, 11) is 0. The summed E-state index contributed by atoms with van der Waals surface area (Å²) in [4.78, 5) is 47.3. The Morgan fingerprint density at radius 1 is 0.865 bits per heavy atom. The van der Waals surface area contributed by atoms with Crippen LogP contribution in [0.4, 0.5) is 0 Å². The lowest BCUT2D eigenvalue weighted by Crippen LogP contribution is -2.47. The largest absolute Gasteiger partial charge is 0.368 e. The van der Waals surface area contributed by atoms with E-state index in [0.29, 0.717) is 25.3 Å². The fourth-order valence-electron chi connectivity index (χ4n) is 4.21. The Bertz CT molecular complexity index is 728. The fourth-order valence-corrected chi connectivity index (χ4v) is 4.21. The maximum atomic E-state index is 13.0. The molecule has 1 aromatic rings. The van der Waals surface area contributed by atoms with Crippen LogP contribution in [-0.4, -0.2) is 76.8 Å². The summed E-state index contributed by atoms with van der Waals surface area (Å²) in [6, 6.07) is 0. The van der Waals surface area contributed by atoms with Crippen LogP contribution in [0, 0.1) is 0 Å². The number of nitrogens with two attached hydrogens (primary N) is 2. The van der Waals surface area contributed by atoms with Crippen LogP contribution in [0.5, 0.6) is 0 Å². The molecule has 0 aliphatic carbocycles. The molecule has 3 amide bonds. The number of hydrogen-bond acceptors (Lipinski definition) is 6. The number of amides is 3. The molecule has 0 aliphatic rings. The van der Waals surface area contributed by atoms with Gasteiger partial charge in [0.2, 0.25) is 17.7 Å². The number of aromatic amines is 1. The standard InChI is InChI=1S/C27H51N7O3/c1-2-3-4-5-6-7-8-9-10-11-13-16-30-20-26(36)33(19-14-12-15-28)23-27(37)34(21-24(29)35)22-25-31-17-18-32-25/h17-18,30H,2-16,19-23,28H2,1H3,(H2,29,35)(H,31,32). The van der Waals surface area contributed by atoms with Gasteiger partial charge in [-0.15, -0.1) is 0 Å². The van der Waals surface area contributed by atoms with E-state index < -0.39 is 5.91 Å². The Hall–Kier alpha value is -2.46. The Morgan fingerprint density at radius 3 is 2.08 bits per heavy atom. The smallest absolute Gasteiger partial charge is 0.243 e. The molecular formula is C27H51N7O3. The average molecular weight is 522 g/mol. The number of hydrogen-bond donors (Lipinski definition) is 4. The SMILES string of the molecule is CCCCCCCCCCCCCNCC(=O)N(CCCCN)CC(=O)N(CC(N)=O)Cc1ncc[nH]1. The quantitative estimate of drug-likeness (QED) is 0.154. The second kappa shape index (κ2) is 21.6. The van der Waals surface area contributed by atoms with Gasteiger partial charge in [0.05, 0.1) is 26.2 Å². The van der Waals surface area contributed by atoms with Crippen LogP contribution in [0.3, 0.4) is 0 Å². The van der Waals surface area contributed by atoms with Gasteiger partial charge >= 0.3 is 0 Å². The first-order valence-corrected chi connectivity index (χ1v) is 14.2. The van der Waals surface area contributed by atoms with E-state index in [9.17, 15) is 14.4 Å². The predicted molar refractivity (Wildman–Crippen MR) is 147 cm³/mol. The van der Waals surface area contributed by atoms with Crippen molar-refractivity contribution in [1.29, 1.82) is 0 Å². The molecule has 0 unspecified atom stereocenters. The van der Waals surface area contributed by atoms with E-state index in [-0.39, 0.29) is 38.0 Å². The van der Waals surface area contributed by atoms with Crippen LogP contribution in [0.15, 0.2) is 12.4 Å². The molecule has 10 heteroatoms. The van der Waals surface area contributed by atoms with Gasteiger partial charge in [-0.25, -0.2) is 4.98 Å². The van der Waals surface area contributed by atoms with Crippen molar-refractivity contribution < 1.29 is 14.4 Å². The summed E-state index contributed by atoms with van der Waals surface area (Å²) in [6.07, 6.45) is 18.8. The average Bonchev–Trinajstić information content (AvgIpc) is 3.38. The topological polar surface area (TPSA) is 150 Å². The maximum absolute atomic E-state index is 13.0. The van der Waals surface area contributed by atoms with Crippen molar-refractivity contribution in [2.75, 3.05) is 39.3 Å². The van der Waals surface area contributed by atoms with Gasteiger partial charge in [0.15, 0.2) is 0 Å². The van der Waals surface area contributed by atoms with E-state index in [2.05, 4.69) is 22.2 Å². The molecule has 10 nitrogen and oxygen atoms in total. The summed E-state index contributed by atoms with van der Waals surface area (Å²) in [6.45, 7) is 3.95. The van der Waals surface area contributed by atoms with Crippen LogP contribution >= 0.6 is 0 Å². The molecular weight excluding hydrogens is 470 g/mol. The summed E-state index contributed by atoms with van der Waals surface area (Å²) in [5.41, 5.74) is 11.0. The highest BCUT2D eigenvalue weighted by atomic mass is 16.2. The van der Waals surface area contributed by atoms with Crippen molar-refractivity contribution >= 4 is 17.7 Å². The van der Waals surface area contributed by atoms with E-state index in [1.165, 1.54) is 62.7 Å². The molecule has 0 radical (unpaired) electrons. The zero-order chi connectivity index (χ0) is 27.1. The van der Waals surface area contributed by atoms with Gasteiger partial charge in [-0.3, -0.25) is 14.4 Å². The summed E-state index contributed by atoms with van der Waals surface area (Å²) in [5.74, 6) is -0.550. The van der Waals surface area contributed by atoms with Gasteiger partial charge in [-0.2, -0.15) is 0 Å². The number of nitrogens with zero attached hydrogens (tertiary/aromatic N) is 3. The number of primary amides is 1. The number of nitrogens with one attached hydrogen (secondary N) is 2. The molecule has 1 aromatic heterocycles. The Labute approximate surface area is 223 Å². The zero-order valence-corrected chi connectivity index (χ0v) is 23.0. The third-order valence-corrected chi connectivity index (χ3v) is 6.39. The minimum Gasteiger partial charge on any atom is -0.368 e. The van der Waals surface area contributed by atoms with Crippen molar-refractivity contribution in [2.45, 2.75) is 96.9 Å². The summed E-state index contributed by atoms with van der Waals surface area (Å²) < 4.78 is 0. The Kier molecular flexibility index (Phi) is 19.0. The molecule has 0 saturated heterocycles. The lowest BCUT2D eigenvalue weighted by molar-refractivity contribution is -0.142. The predicted octanol–water partition coefficient (Wildman–Crippen LogP) is 2.69. The molecule has 37 heavy (non-hydrogen) atoms. The highest BCUT2D eigenvalue weighted by Gasteiger charge is 2.22. The lowest BCUT2D eigenvalue weighted by atomic mass is 10.1. The van der Waals surface area contributed by atoms with Crippen LogP contribution in [0.1, 0.15) is 96.2 Å². The van der Waals surface area contributed by atoms with Crippen LogP contribution in [0.2, 0.25) is 0 Å². The molecule has 0 fully saturated rings. The molecule has 1 heterocycles. The molecule has 212 valence electrons. The van der Waals surface area contributed by atoms with Gasteiger partial charge in [-0.05, 0) is 32.4 Å². The number of H-pyrrole nitrogens is 1. The maximum Gasteiger partial charge on any atom is 0.243 e. The molecule has 0 aromatic carbocycles. The van der Waals surface area contributed by atoms with Crippen molar-refractivity contribution in [3.63, 3.8) is 0 Å². The molecule has 0 atom stereocenters. The van der Waals surface area contributed by atoms with Crippen LogP contribution in [0.25, 0.3) is 0 Å². The number of carbonyl (C=O) groups is 3. The highest BCUT2D eigenvalue weighted by Crippen LogP contribution is 2.11. The summed E-state index contributed by atoms with van der Waals surface area (Å²) in [5, 5.41) is 3.23. The van der Waals surface area contributed by atoms with Gasteiger partial charge < -0.3 is 31.6 Å². The van der Waals surface area contributed by atoms with Gasteiger partial charge in [0.1, 0.15) is 5.82 Å². The normalized spacial score (nSPS) is 11.0. The number of aromatic nitrogens is 2. The number of imidazole rings is 1. The first-order valence-electron chi connectivity index (χ1n) is 14.2. The fraction of sp³-hybridized carbons (Fsp3) is 0.778. The minimum atomic E-state index is -0.616. The Morgan fingerprint density at radius 2 is 1.51 bits per heavy atom.